The van der Waals surface area contributed by atoms with Gasteiger partial charge in [0.15, 0.2) is 6.10 Å². The standard InChI is InChI=1S/C14H13BrClNO7/c15-4-1-2-5-7(8(4)16)6(3-17-5)23-14-11(20)9(18)10(19)12(24-14)13(21)22/h1-3,9-12,14,17-20H,(H,21,22)/t9-,10+,11-,12-,14-/m1/s1. The highest BCUT2D eigenvalue weighted by molar-refractivity contribution is 9.10. The predicted octanol–water partition coefficient (Wildman–Crippen LogP) is 0.855. The van der Waals surface area contributed by atoms with Crippen molar-refractivity contribution in [2.24, 2.45) is 0 Å². The van der Waals surface area contributed by atoms with Gasteiger partial charge < -0.3 is 34.9 Å². The number of H-pyrrole nitrogens is 1. The molecule has 1 aromatic heterocycles. The van der Waals surface area contributed by atoms with E-state index in [1.165, 1.54) is 6.20 Å². The number of aromatic amines is 1. The molecule has 8 nitrogen and oxygen atoms in total. The third-order valence-electron chi connectivity index (χ3n) is 3.76. The van der Waals surface area contributed by atoms with Crippen molar-refractivity contribution in [2.45, 2.75) is 30.7 Å². The van der Waals surface area contributed by atoms with Crippen LogP contribution in [0.25, 0.3) is 10.9 Å². The van der Waals surface area contributed by atoms with Crippen molar-refractivity contribution in [3.8, 4) is 5.75 Å². The van der Waals surface area contributed by atoms with E-state index in [0.717, 1.165) is 0 Å². The van der Waals surface area contributed by atoms with Crippen LogP contribution in [-0.4, -0.2) is 62.1 Å². The maximum absolute atomic E-state index is 11.1. The summed E-state index contributed by atoms with van der Waals surface area (Å²) in [4.78, 5) is 14.0. The minimum atomic E-state index is -1.78. The van der Waals surface area contributed by atoms with E-state index in [0.29, 0.717) is 20.4 Å². The monoisotopic (exact) mass is 421 g/mol. The number of benzene rings is 1. The molecule has 24 heavy (non-hydrogen) atoms. The summed E-state index contributed by atoms with van der Waals surface area (Å²) in [6, 6.07) is 3.48. The fourth-order valence-corrected chi connectivity index (χ4v) is 3.08. The van der Waals surface area contributed by atoms with Crippen LogP contribution in [0, 0.1) is 0 Å². The average molecular weight is 423 g/mol. The molecule has 130 valence electrons. The largest absolute Gasteiger partial charge is 0.479 e. The smallest absolute Gasteiger partial charge is 0.335 e. The number of halogens is 2. The number of carbonyl (C=O) groups is 1. The van der Waals surface area contributed by atoms with E-state index in [1.54, 1.807) is 12.1 Å². The van der Waals surface area contributed by atoms with Crippen molar-refractivity contribution in [3.05, 3.63) is 27.8 Å². The van der Waals surface area contributed by atoms with Gasteiger partial charge >= 0.3 is 5.97 Å². The molecule has 5 atom stereocenters. The highest BCUT2D eigenvalue weighted by Gasteiger charge is 2.48. The zero-order chi connectivity index (χ0) is 17.6. The molecule has 0 bridgehead atoms. The van der Waals surface area contributed by atoms with Crippen molar-refractivity contribution >= 4 is 44.4 Å². The molecule has 3 rings (SSSR count). The van der Waals surface area contributed by atoms with Gasteiger partial charge in [0, 0.05) is 10.7 Å². The number of nitrogens with one attached hydrogen (secondary N) is 1. The van der Waals surface area contributed by atoms with E-state index in [1.807, 2.05) is 0 Å². The maximum Gasteiger partial charge on any atom is 0.335 e. The normalized spacial score (nSPS) is 30.5. The highest BCUT2D eigenvalue weighted by atomic mass is 79.9. The van der Waals surface area contributed by atoms with Gasteiger partial charge in [0.25, 0.3) is 0 Å². The van der Waals surface area contributed by atoms with E-state index in [9.17, 15) is 20.1 Å². The molecule has 1 saturated heterocycles. The van der Waals surface area contributed by atoms with Gasteiger partial charge in [0.1, 0.15) is 24.1 Å². The minimum Gasteiger partial charge on any atom is -0.479 e. The second-order valence-electron chi connectivity index (χ2n) is 5.29. The van der Waals surface area contributed by atoms with E-state index in [2.05, 4.69) is 20.9 Å². The Morgan fingerprint density at radius 1 is 1.25 bits per heavy atom. The Kier molecular flexibility index (Phi) is 4.73. The zero-order valence-corrected chi connectivity index (χ0v) is 14.2. The molecule has 0 saturated carbocycles. The lowest BCUT2D eigenvalue weighted by molar-refractivity contribution is -0.270. The van der Waals surface area contributed by atoms with Crippen molar-refractivity contribution in [1.82, 2.24) is 4.98 Å². The topological polar surface area (TPSA) is 132 Å². The lowest BCUT2D eigenvalue weighted by atomic mass is 9.99. The summed E-state index contributed by atoms with van der Waals surface area (Å²) in [7, 11) is 0. The molecular weight excluding hydrogens is 410 g/mol. The summed E-state index contributed by atoms with van der Waals surface area (Å²) >= 11 is 9.51. The molecule has 2 heterocycles. The minimum absolute atomic E-state index is 0.202. The Hall–Kier alpha value is -1.36. The van der Waals surface area contributed by atoms with E-state index in [-0.39, 0.29) is 5.75 Å². The molecule has 0 spiro atoms. The summed E-state index contributed by atoms with van der Waals surface area (Å²) in [6.45, 7) is 0. The van der Waals surface area contributed by atoms with Gasteiger partial charge in [0.05, 0.1) is 15.9 Å². The fourth-order valence-electron chi connectivity index (χ4n) is 2.49. The molecule has 10 heteroatoms. The molecular formula is C14H13BrClNO7. The molecule has 0 amide bonds. The third-order valence-corrected chi connectivity index (χ3v) is 5.04. The van der Waals surface area contributed by atoms with Gasteiger partial charge in [0.2, 0.25) is 6.29 Å². The lowest BCUT2D eigenvalue weighted by Gasteiger charge is -2.38. The van der Waals surface area contributed by atoms with Gasteiger partial charge in [-0.1, -0.05) is 11.6 Å². The van der Waals surface area contributed by atoms with Crippen LogP contribution < -0.4 is 4.74 Å². The molecule has 5 N–H and O–H groups in total. The number of carboxylic acid groups (broad SMARTS) is 1. The molecule has 0 aliphatic carbocycles. The van der Waals surface area contributed by atoms with Gasteiger partial charge in [-0.25, -0.2) is 4.79 Å². The van der Waals surface area contributed by atoms with Crippen LogP contribution in [0.5, 0.6) is 5.75 Å². The number of hydrogen-bond acceptors (Lipinski definition) is 6. The fraction of sp³-hybridized carbons (Fsp3) is 0.357. The number of aromatic nitrogens is 1. The molecule has 2 aromatic rings. The van der Waals surface area contributed by atoms with Crippen molar-refractivity contribution < 1.29 is 34.7 Å². The predicted molar refractivity (Wildman–Crippen MR) is 86.0 cm³/mol. The average Bonchev–Trinajstić information content (AvgIpc) is 2.94. The van der Waals surface area contributed by atoms with Crippen molar-refractivity contribution in [3.63, 3.8) is 0 Å². The van der Waals surface area contributed by atoms with Crippen LogP contribution in [0.4, 0.5) is 0 Å². The molecule has 0 unspecified atom stereocenters. The number of fused-ring (bicyclic) bond motifs is 1. The second kappa shape index (κ2) is 6.51. The number of rotatable bonds is 3. The van der Waals surface area contributed by atoms with Crippen LogP contribution in [0.3, 0.4) is 0 Å². The maximum atomic E-state index is 11.1. The first kappa shape index (κ1) is 17.5. The summed E-state index contributed by atoms with van der Waals surface area (Å²) in [5, 5.41) is 39.4. The number of carboxylic acids is 1. The molecule has 0 radical (unpaired) electrons. The molecule has 1 aliphatic heterocycles. The van der Waals surface area contributed by atoms with Gasteiger partial charge in [-0.05, 0) is 28.1 Å². The lowest BCUT2D eigenvalue weighted by Crippen LogP contribution is -2.61. The van der Waals surface area contributed by atoms with Crippen LogP contribution in [-0.2, 0) is 9.53 Å². The first-order valence-corrected chi connectivity index (χ1v) is 8.02. The van der Waals surface area contributed by atoms with E-state index in [4.69, 9.17) is 26.2 Å². The number of ether oxygens (including phenoxy) is 2. The Morgan fingerprint density at radius 2 is 1.96 bits per heavy atom. The van der Waals surface area contributed by atoms with E-state index < -0.39 is 36.7 Å². The number of aliphatic carboxylic acids is 1. The number of aliphatic hydroxyl groups excluding tert-OH is 3. The van der Waals surface area contributed by atoms with Gasteiger partial charge in [-0.15, -0.1) is 0 Å². The van der Waals surface area contributed by atoms with Crippen molar-refractivity contribution in [1.29, 1.82) is 0 Å². The number of aliphatic hydroxyl groups is 3. The Balaban J connectivity index is 1.93. The quantitative estimate of drug-likeness (QED) is 0.495. The Bertz CT molecular complexity index is 782. The van der Waals surface area contributed by atoms with Gasteiger partial charge in [-0.2, -0.15) is 0 Å². The first-order valence-electron chi connectivity index (χ1n) is 6.85. The first-order chi connectivity index (χ1) is 11.3. The van der Waals surface area contributed by atoms with Crippen LogP contribution in [0.1, 0.15) is 0 Å². The summed E-state index contributed by atoms with van der Waals surface area (Å²) < 4.78 is 11.2. The Morgan fingerprint density at radius 3 is 2.62 bits per heavy atom. The third kappa shape index (κ3) is 2.87. The molecule has 1 aliphatic rings. The van der Waals surface area contributed by atoms with Gasteiger partial charge in [-0.3, -0.25) is 0 Å². The zero-order valence-electron chi connectivity index (χ0n) is 11.9. The second-order valence-corrected chi connectivity index (χ2v) is 6.52. The van der Waals surface area contributed by atoms with Crippen LogP contribution in [0.2, 0.25) is 5.02 Å². The summed E-state index contributed by atoms with van der Waals surface area (Å²) in [6.07, 6.45) is -6.94. The number of hydrogen-bond donors (Lipinski definition) is 5. The molecule has 1 fully saturated rings. The SMILES string of the molecule is O=C(O)[C@@H]1O[C@@H](Oc2c[nH]c3ccc(Br)c(Cl)c23)[C@H](O)[C@H](O)[C@@H]1O. The molecule has 1 aromatic carbocycles. The van der Waals surface area contributed by atoms with Crippen LogP contribution >= 0.6 is 27.5 Å². The Labute approximate surface area is 148 Å². The van der Waals surface area contributed by atoms with Crippen molar-refractivity contribution in [2.75, 3.05) is 0 Å². The summed E-state index contributed by atoms with van der Waals surface area (Å²) in [5.74, 6) is -1.28. The summed E-state index contributed by atoms with van der Waals surface area (Å²) in [5.41, 5.74) is 0.652. The van der Waals surface area contributed by atoms with E-state index >= 15 is 0 Å². The van der Waals surface area contributed by atoms with Crippen LogP contribution in [0.15, 0.2) is 22.8 Å². The highest BCUT2D eigenvalue weighted by Crippen LogP contribution is 2.38.